The first-order chi connectivity index (χ1) is 8.15. The molecule has 1 aromatic rings. The molecule has 0 aliphatic rings. The van der Waals surface area contributed by atoms with Crippen molar-refractivity contribution in [2.45, 2.75) is 51.8 Å². The molecule has 1 aromatic heterocycles. The fraction of sp³-hybridized carbons (Fsp3) is 0.769. The van der Waals surface area contributed by atoms with Crippen molar-refractivity contribution in [2.75, 3.05) is 12.3 Å². The van der Waals surface area contributed by atoms with E-state index in [0.29, 0.717) is 6.04 Å². The molecule has 0 aromatic carbocycles. The Kier molecular flexibility index (Phi) is 7.16. The van der Waals surface area contributed by atoms with E-state index in [2.05, 4.69) is 55.1 Å². The molecule has 2 unspecified atom stereocenters. The lowest BCUT2D eigenvalue weighted by molar-refractivity contribution is 0.570. The van der Waals surface area contributed by atoms with Crippen LogP contribution in [0.25, 0.3) is 0 Å². The first-order valence-corrected chi connectivity index (χ1v) is 8.34. The highest BCUT2D eigenvalue weighted by Crippen LogP contribution is 2.18. The zero-order valence-corrected chi connectivity index (χ0v) is 13.0. The second-order valence-electron chi connectivity index (χ2n) is 4.39. The van der Waals surface area contributed by atoms with Crippen molar-refractivity contribution in [3.63, 3.8) is 0 Å². The van der Waals surface area contributed by atoms with E-state index in [0.717, 1.165) is 23.9 Å². The Hall–Kier alpha value is -0.0600. The van der Waals surface area contributed by atoms with E-state index in [1.807, 2.05) is 0 Å². The second kappa shape index (κ2) is 8.11. The van der Waals surface area contributed by atoms with Crippen LogP contribution in [0.15, 0.2) is 5.38 Å². The van der Waals surface area contributed by atoms with Gasteiger partial charge in [0, 0.05) is 34.5 Å². The van der Waals surface area contributed by atoms with E-state index in [-0.39, 0.29) is 0 Å². The van der Waals surface area contributed by atoms with Crippen LogP contribution >= 0.6 is 23.1 Å². The van der Waals surface area contributed by atoms with E-state index in [9.17, 15) is 0 Å². The molecular weight excluding hydrogens is 248 g/mol. The van der Waals surface area contributed by atoms with Crippen LogP contribution in [0.4, 0.5) is 0 Å². The van der Waals surface area contributed by atoms with Gasteiger partial charge in [0.05, 0.1) is 5.01 Å². The molecule has 0 amide bonds. The summed E-state index contributed by atoms with van der Waals surface area (Å²) in [6.45, 7) is 9.84. The summed E-state index contributed by atoms with van der Waals surface area (Å²) in [5.41, 5.74) is 1.15. The van der Waals surface area contributed by atoms with Crippen LogP contribution in [-0.4, -0.2) is 28.6 Å². The largest absolute Gasteiger partial charge is 0.313 e. The lowest BCUT2D eigenvalue weighted by Crippen LogP contribution is -2.33. The third-order valence-electron chi connectivity index (χ3n) is 2.74. The number of hydrogen-bond donors (Lipinski definition) is 1. The molecule has 0 fully saturated rings. The predicted octanol–water partition coefficient (Wildman–Crippen LogP) is 3.50. The summed E-state index contributed by atoms with van der Waals surface area (Å²) < 4.78 is 0. The molecule has 4 heteroatoms. The van der Waals surface area contributed by atoms with Gasteiger partial charge in [-0.05, 0) is 19.9 Å². The molecule has 0 aliphatic carbocycles. The smallest absolute Gasteiger partial charge is 0.0943 e. The van der Waals surface area contributed by atoms with Crippen LogP contribution in [-0.2, 0) is 6.42 Å². The summed E-state index contributed by atoms with van der Waals surface area (Å²) in [5, 5.41) is 7.73. The van der Waals surface area contributed by atoms with E-state index < -0.39 is 0 Å². The maximum atomic E-state index is 4.55. The number of thioether (sulfide) groups is 1. The van der Waals surface area contributed by atoms with E-state index >= 15 is 0 Å². The Bertz CT molecular complexity index is 312. The fourth-order valence-electron chi connectivity index (χ4n) is 1.58. The minimum Gasteiger partial charge on any atom is -0.313 e. The van der Waals surface area contributed by atoms with Crippen molar-refractivity contribution in [3.05, 3.63) is 16.1 Å². The van der Waals surface area contributed by atoms with Crippen molar-refractivity contribution in [2.24, 2.45) is 0 Å². The van der Waals surface area contributed by atoms with Crippen LogP contribution in [0.1, 0.15) is 37.9 Å². The van der Waals surface area contributed by atoms with Crippen molar-refractivity contribution in [3.8, 4) is 0 Å². The molecule has 0 saturated heterocycles. The quantitative estimate of drug-likeness (QED) is 0.784. The maximum Gasteiger partial charge on any atom is 0.0943 e. The Morgan fingerprint density at radius 3 is 2.76 bits per heavy atom. The summed E-state index contributed by atoms with van der Waals surface area (Å²) in [5.74, 6) is 1.18. The van der Waals surface area contributed by atoms with E-state index in [1.165, 1.54) is 17.2 Å². The fourth-order valence-corrected chi connectivity index (χ4v) is 3.47. The minimum atomic E-state index is 0.560. The molecule has 0 radical (unpaired) electrons. The number of nitrogens with zero attached hydrogens (tertiary/aromatic N) is 1. The molecule has 98 valence electrons. The molecule has 0 spiro atoms. The average molecular weight is 272 g/mol. The number of rotatable bonds is 8. The van der Waals surface area contributed by atoms with Gasteiger partial charge in [0.15, 0.2) is 0 Å². The third-order valence-corrected chi connectivity index (χ3v) is 5.22. The van der Waals surface area contributed by atoms with Crippen LogP contribution in [0, 0.1) is 6.92 Å². The molecular formula is C13H24N2S2. The SMILES string of the molecule is CCNC(CSC(C)CC)Cc1nc(C)cs1. The van der Waals surface area contributed by atoms with E-state index in [4.69, 9.17) is 0 Å². The van der Waals surface area contributed by atoms with Crippen molar-refractivity contribution in [1.82, 2.24) is 10.3 Å². The van der Waals surface area contributed by atoms with Gasteiger partial charge in [-0.1, -0.05) is 20.8 Å². The topological polar surface area (TPSA) is 24.9 Å². The summed E-state index contributed by atoms with van der Waals surface area (Å²) in [4.78, 5) is 4.55. The zero-order chi connectivity index (χ0) is 12.7. The molecule has 2 atom stereocenters. The Morgan fingerprint density at radius 2 is 2.24 bits per heavy atom. The lowest BCUT2D eigenvalue weighted by atomic mass is 10.2. The van der Waals surface area contributed by atoms with Crippen molar-refractivity contribution in [1.29, 1.82) is 0 Å². The first-order valence-electron chi connectivity index (χ1n) is 6.41. The van der Waals surface area contributed by atoms with Crippen LogP contribution in [0.2, 0.25) is 0 Å². The highest BCUT2D eigenvalue weighted by atomic mass is 32.2. The van der Waals surface area contributed by atoms with Gasteiger partial charge >= 0.3 is 0 Å². The molecule has 2 nitrogen and oxygen atoms in total. The molecule has 1 heterocycles. The van der Waals surface area contributed by atoms with Gasteiger partial charge in [-0.2, -0.15) is 11.8 Å². The first kappa shape index (κ1) is 15.0. The number of likely N-dealkylation sites (N-methyl/N-ethyl adjacent to an activating group) is 1. The molecule has 0 saturated carbocycles. The number of nitrogens with one attached hydrogen (secondary N) is 1. The van der Waals surface area contributed by atoms with E-state index in [1.54, 1.807) is 11.3 Å². The molecule has 1 rings (SSSR count). The van der Waals surface area contributed by atoms with Gasteiger partial charge in [0.1, 0.15) is 0 Å². The Morgan fingerprint density at radius 1 is 1.47 bits per heavy atom. The Balaban J connectivity index is 2.42. The van der Waals surface area contributed by atoms with Crippen molar-refractivity contribution >= 4 is 23.1 Å². The monoisotopic (exact) mass is 272 g/mol. The summed E-state index contributed by atoms with van der Waals surface area (Å²) in [7, 11) is 0. The number of aromatic nitrogens is 1. The van der Waals surface area contributed by atoms with Gasteiger partial charge in [-0.3, -0.25) is 0 Å². The average Bonchev–Trinajstić information content (AvgIpc) is 2.71. The summed E-state index contributed by atoms with van der Waals surface area (Å²) in [6.07, 6.45) is 2.32. The standard InChI is InChI=1S/C13H24N2S2/c1-5-11(4)16-9-12(14-6-2)7-13-15-10(3)8-17-13/h8,11-12,14H,5-7,9H2,1-4H3. The van der Waals surface area contributed by atoms with Gasteiger partial charge in [0.25, 0.3) is 0 Å². The second-order valence-corrected chi connectivity index (χ2v) is 6.81. The van der Waals surface area contributed by atoms with Crippen LogP contribution < -0.4 is 5.32 Å². The van der Waals surface area contributed by atoms with Gasteiger partial charge < -0.3 is 5.32 Å². The zero-order valence-electron chi connectivity index (χ0n) is 11.3. The minimum absolute atomic E-state index is 0.560. The summed E-state index contributed by atoms with van der Waals surface area (Å²) in [6, 6.07) is 0.560. The molecule has 0 bridgehead atoms. The molecule has 1 N–H and O–H groups in total. The Labute approximate surface area is 114 Å². The number of thiazole rings is 1. The van der Waals surface area contributed by atoms with Crippen molar-refractivity contribution < 1.29 is 0 Å². The predicted molar refractivity (Wildman–Crippen MR) is 80.2 cm³/mol. The van der Waals surface area contributed by atoms with Crippen LogP contribution in [0.5, 0.6) is 0 Å². The molecule has 0 aliphatic heterocycles. The van der Waals surface area contributed by atoms with Crippen LogP contribution in [0.3, 0.4) is 0 Å². The number of aryl methyl sites for hydroxylation is 1. The van der Waals surface area contributed by atoms with Gasteiger partial charge in [-0.25, -0.2) is 4.98 Å². The lowest BCUT2D eigenvalue weighted by Gasteiger charge is -2.18. The third kappa shape index (κ3) is 5.89. The molecule has 17 heavy (non-hydrogen) atoms. The normalized spacial score (nSPS) is 14.8. The number of hydrogen-bond acceptors (Lipinski definition) is 4. The van der Waals surface area contributed by atoms with Gasteiger partial charge in [-0.15, -0.1) is 11.3 Å². The highest BCUT2D eigenvalue weighted by Gasteiger charge is 2.12. The highest BCUT2D eigenvalue weighted by molar-refractivity contribution is 7.99. The van der Waals surface area contributed by atoms with Gasteiger partial charge in [0.2, 0.25) is 0 Å². The summed E-state index contributed by atoms with van der Waals surface area (Å²) >= 11 is 3.85. The maximum absolute atomic E-state index is 4.55.